The van der Waals surface area contributed by atoms with E-state index in [4.69, 9.17) is 5.14 Å². The van der Waals surface area contributed by atoms with Crippen LogP contribution in [0.4, 0.5) is 8.78 Å². The van der Waals surface area contributed by atoms with Crippen molar-refractivity contribution in [2.45, 2.75) is 11.3 Å². The third-order valence-electron chi connectivity index (χ3n) is 1.68. The second kappa shape index (κ2) is 4.75. The van der Waals surface area contributed by atoms with Crippen molar-refractivity contribution in [1.82, 2.24) is 4.98 Å². The quantitative estimate of drug-likeness (QED) is 0.820. The van der Waals surface area contributed by atoms with Crippen LogP contribution in [-0.4, -0.2) is 20.5 Å². The number of pyridine rings is 1. The Kier molecular flexibility index (Phi) is 4.02. The molecule has 0 saturated heterocycles. The number of hydrogen-bond acceptors (Lipinski definition) is 4. The van der Waals surface area contributed by atoms with Gasteiger partial charge in [0.2, 0.25) is 15.9 Å². The Bertz CT molecular complexity index is 507. The Morgan fingerprint density at radius 3 is 2.50 bits per heavy atom. The highest BCUT2D eigenvalue weighted by Gasteiger charge is 2.25. The molecule has 1 aromatic heterocycles. The number of alkyl halides is 2. The molecule has 0 saturated carbocycles. The molecular weight excluding hydrogens is 357 g/mol. The van der Waals surface area contributed by atoms with Crippen LogP contribution in [-0.2, 0) is 10.0 Å². The Morgan fingerprint density at radius 2 is 2.12 bits per heavy atom. The smallest absolute Gasteiger partial charge is 0.266 e. The Labute approximate surface area is 104 Å². The first-order chi connectivity index (χ1) is 7.29. The molecule has 5 nitrogen and oxygen atoms in total. The number of hydrogen-bond donors (Lipinski definition) is 1. The second-order valence-electron chi connectivity index (χ2n) is 2.71. The summed E-state index contributed by atoms with van der Waals surface area (Å²) in [5.41, 5.74) is -0.495. The molecule has 1 heterocycles. The summed E-state index contributed by atoms with van der Waals surface area (Å²) >= 11 is 1.47. The fraction of sp³-hybridized carbons (Fsp3) is 0.286. The van der Waals surface area contributed by atoms with Crippen LogP contribution in [0.5, 0.6) is 5.88 Å². The number of nitrogens with zero attached hydrogens (tertiary/aromatic N) is 1. The van der Waals surface area contributed by atoms with E-state index < -0.39 is 26.9 Å². The van der Waals surface area contributed by atoms with Crippen LogP contribution < -0.4 is 9.88 Å². The highest BCUT2D eigenvalue weighted by atomic mass is 127. The number of sulfonamides is 1. The maximum absolute atomic E-state index is 12.5. The minimum Gasteiger partial charge on any atom is -0.480 e. The third kappa shape index (κ3) is 2.58. The Morgan fingerprint density at radius 1 is 1.56 bits per heavy atom. The molecule has 1 aromatic rings. The lowest BCUT2D eigenvalue weighted by atomic mass is 10.3. The predicted octanol–water partition coefficient (Wildman–Crippen LogP) is 1.28. The van der Waals surface area contributed by atoms with Crippen molar-refractivity contribution in [2.75, 3.05) is 7.11 Å². The predicted molar refractivity (Wildman–Crippen MR) is 59.8 cm³/mol. The van der Waals surface area contributed by atoms with Gasteiger partial charge in [0.25, 0.3) is 6.43 Å². The highest BCUT2D eigenvalue weighted by Crippen LogP contribution is 2.32. The van der Waals surface area contributed by atoms with Gasteiger partial charge in [0.15, 0.2) is 4.90 Å². The first-order valence-corrected chi connectivity index (χ1v) is 6.45. The van der Waals surface area contributed by atoms with Gasteiger partial charge in [-0.15, -0.1) is 0 Å². The maximum Gasteiger partial charge on any atom is 0.266 e. The monoisotopic (exact) mass is 364 g/mol. The molecule has 0 amide bonds. The van der Waals surface area contributed by atoms with E-state index in [1.165, 1.54) is 29.7 Å². The molecule has 0 unspecified atom stereocenters. The molecule has 0 atom stereocenters. The van der Waals surface area contributed by atoms with E-state index in [2.05, 4.69) is 9.72 Å². The highest BCUT2D eigenvalue weighted by molar-refractivity contribution is 14.1. The van der Waals surface area contributed by atoms with Crippen molar-refractivity contribution in [3.05, 3.63) is 15.3 Å². The maximum atomic E-state index is 12.5. The van der Waals surface area contributed by atoms with Crippen molar-refractivity contribution in [2.24, 2.45) is 5.14 Å². The molecule has 0 bridgehead atoms. The van der Waals surface area contributed by atoms with Crippen molar-refractivity contribution in [1.29, 1.82) is 0 Å². The first kappa shape index (κ1) is 13.5. The summed E-state index contributed by atoms with van der Waals surface area (Å²) < 4.78 is 51.9. The number of halogens is 3. The standard InChI is InChI=1S/C7H7F2IN2O3S/c1-15-7-5(16(11,13)14)4(10)3(2-12-7)6(8)9/h2,6H,1H3,(H2,11,13,14). The lowest BCUT2D eigenvalue weighted by Crippen LogP contribution is -2.17. The van der Waals surface area contributed by atoms with Crippen molar-refractivity contribution < 1.29 is 21.9 Å². The van der Waals surface area contributed by atoms with Crippen molar-refractivity contribution in [3.63, 3.8) is 0 Å². The van der Waals surface area contributed by atoms with Gasteiger partial charge in [-0.05, 0) is 22.6 Å². The lowest BCUT2D eigenvalue weighted by Gasteiger charge is -2.10. The Hall–Kier alpha value is -0.550. The lowest BCUT2D eigenvalue weighted by molar-refractivity contribution is 0.149. The van der Waals surface area contributed by atoms with Crippen molar-refractivity contribution in [3.8, 4) is 5.88 Å². The molecule has 0 aromatic carbocycles. The van der Waals surface area contributed by atoms with E-state index in [0.717, 1.165) is 6.20 Å². The summed E-state index contributed by atoms with van der Waals surface area (Å²) in [6, 6.07) is 0. The zero-order valence-electron chi connectivity index (χ0n) is 7.95. The van der Waals surface area contributed by atoms with Gasteiger partial charge in [-0.3, -0.25) is 0 Å². The van der Waals surface area contributed by atoms with E-state index in [1.807, 2.05) is 0 Å². The summed E-state index contributed by atoms with van der Waals surface area (Å²) in [4.78, 5) is 2.96. The number of primary sulfonamides is 1. The zero-order valence-corrected chi connectivity index (χ0v) is 10.9. The van der Waals surface area contributed by atoms with Crippen LogP contribution in [0.25, 0.3) is 0 Å². The zero-order chi connectivity index (χ0) is 12.5. The first-order valence-electron chi connectivity index (χ1n) is 3.82. The SMILES string of the molecule is COc1ncc(C(F)F)c(I)c1S(N)(=O)=O. The molecule has 16 heavy (non-hydrogen) atoms. The molecule has 2 N–H and O–H groups in total. The molecule has 0 aliphatic rings. The average molecular weight is 364 g/mol. The van der Waals surface area contributed by atoms with Gasteiger partial charge in [0.05, 0.1) is 12.7 Å². The Balaban J connectivity index is 3.60. The average Bonchev–Trinajstić information content (AvgIpc) is 2.14. The number of nitrogens with two attached hydrogens (primary N) is 1. The number of rotatable bonds is 3. The molecule has 0 aliphatic carbocycles. The van der Waals surface area contributed by atoms with Crippen LogP contribution in [0.1, 0.15) is 12.0 Å². The third-order valence-corrected chi connectivity index (χ3v) is 4.16. The van der Waals surface area contributed by atoms with Gasteiger partial charge in [-0.25, -0.2) is 27.3 Å². The second-order valence-corrected chi connectivity index (χ2v) is 5.29. The van der Waals surface area contributed by atoms with E-state index >= 15 is 0 Å². The van der Waals surface area contributed by atoms with E-state index in [1.54, 1.807) is 0 Å². The van der Waals surface area contributed by atoms with Crippen LogP contribution in [0.15, 0.2) is 11.1 Å². The molecule has 0 radical (unpaired) electrons. The van der Waals surface area contributed by atoms with Crippen molar-refractivity contribution >= 4 is 32.6 Å². The van der Waals surface area contributed by atoms with Crippen LogP contribution >= 0.6 is 22.6 Å². The molecule has 1 rings (SSSR count). The topological polar surface area (TPSA) is 82.3 Å². The summed E-state index contributed by atoms with van der Waals surface area (Å²) in [5.74, 6) is -0.295. The normalized spacial score (nSPS) is 11.9. The van der Waals surface area contributed by atoms with Gasteiger partial charge in [-0.1, -0.05) is 0 Å². The minimum absolute atomic E-state index is 0.179. The van der Waals surface area contributed by atoms with E-state index in [0.29, 0.717) is 0 Å². The molecule has 0 aliphatic heterocycles. The molecule has 9 heteroatoms. The van der Waals surface area contributed by atoms with Gasteiger partial charge in [0, 0.05) is 9.77 Å². The summed E-state index contributed by atoms with van der Waals surface area (Å²) in [7, 11) is -2.98. The van der Waals surface area contributed by atoms with Gasteiger partial charge < -0.3 is 4.74 Å². The number of aromatic nitrogens is 1. The van der Waals surface area contributed by atoms with Crippen LogP contribution in [0.2, 0.25) is 0 Å². The molecule has 0 fully saturated rings. The van der Waals surface area contributed by atoms with Gasteiger partial charge in [-0.2, -0.15) is 0 Å². The molecule has 0 spiro atoms. The minimum atomic E-state index is -4.16. The van der Waals surface area contributed by atoms with E-state index in [9.17, 15) is 17.2 Å². The van der Waals surface area contributed by atoms with Gasteiger partial charge >= 0.3 is 0 Å². The summed E-state index contributed by atoms with van der Waals surface area (Å²) in [6.45, 7) is 0. The number of ether oxygens (including phenoxy) is 1. The fourth-order valence-electron chi connectivity index (χ4n) is 1.01. The molecular formula is C7H7F2IN2O3S. The fourth-order valence-corrected chi connectivity index (χ4v) is 3.29. The van der Waals surface area contributed by atoms with Crippen LogP contribution in [0.3, 0.4) is 0 Å². The summed E-state index contributed by atoms with van der Waals surface area (Å²) in [5, 5.41) is 4.91. The van der Waals surface area contributed by atoms with Gasteiger partial charge in [0.1, 0.15) is 0 Å². The van der Waals surface area contributed by atoms with E-state index in [-0.39, 0.29) is 9.45 Å². The summed E-state index contributed by atoms with van der Waals surface area (Å²) in [6.07, 6.45) is -1.97. The largest absolute Gasteiger partial charge is 0.480 e. The number of methoxy groups -OCH3 is 1. The van der Waals surface area contributed by atoms with Crippen LogP contribution in [0, 0.1) is 3.57 Å². The molecule has 90 valence electrons.